The lowest BCUT2D eigenvalue weighted by atomic mass is 9.49. The molecule has 5 aliphatic rings. The molecule has 5 aliphatic carbocycles. The first-order valence-electron chi connectivity index (χ1n) is 11.4. The summed E-state index contributed by atoms with van der Waals surface area (Å²) in [6.07, 6.45) is 10.0. The Morgan fingerprint density at radius 3 is 2.17 bits per heavy atom. The fourth-order valence-corrected chi connectivity index (χ4v) is 8.63. The molecule has 1 aromatic heterocycles. The zero-order chi connectivity index (χ0) is 20.6. The number of rotatable bonds is 3. The lowest BCUT2D eigenvalue weighted by molar-refractivity contribution is -0.140. The highest BCUT2D eigenvalue weighted by Crippen LogP contribution is 2.60. The van der Waals surface area contributed by atoms with Gasteiger partial charge in [-0.05, 0) is 92.4 Å². The first kappa shape index (κ1) is 19.6. The maximum atomic E-state index is 13.5. The fraction of sp³-hybridized carbons (Fsp3) is 0.750. The van der Waals surface area contributed by atoms with Gasteiger partial charge in [-0.25, -0.2) is 0 Å². The van der Waals surface area contributed by atoms with E-state index in [1.165, 1.54) is 24.1 Å². The second kappa shape index (κ2) is 6.57. The van der Waals surface area contributed by atoms with Crippen LogP contribution in [0.4, 0.5) is 5.00 Å². The molecule has 4 fully saturated rings. The van der Waals surface area contributed by atoms with Crippen molar-refractivity contribution < 1.29 is 9.59 Å². The maximum Gasteiger partial charge on any atom is 0.251 e. The lowest BCUT2D eigenvalue weighted by Gasteiger charge is -2.55. The Hall–Kier alpha value is -1.36. The van der Waals surface area contributed by atoms with Crippen LogP contribution < -0.4 is 11.1 Å². The predicted molar refractivity (Wildman–Crippen MR) is 117 cm³/mol. The predicted octanol–water partition coefficient (Wildman–Crippen LogP) is 5.15. The van der Waals surface area contributed by atoms with Gasteiger partial charge in [0.15, 0.2) is 0 Å². The number of hydrogen-bond acceptors (Lipinski definition) is 3. The number of primary amides is 1. The first-order chi connectivity index (χ1) is 13.6. The van der Waals surface area contributed by atoms with Crippen molar-refractivity contribution in [2.24, 2.45) is 40.2 Å². The summed E-state index contributed by atoms with van der Waals surface area (Å²) < 4.78 is 0. The van der Waals surface area contributed by atoms with E-state index in [-0.39, 0.29) is 16.7 Å². The smallest absolute Gasteiger partial charge is 0.251 e. The van der Waals surface area contributed by atoms with Crippen LogP contribution in [-0.4, -0.2) is 11.8 Å². The van der Waals surface area contributed by atoms with Gasteiger partial charge < -0.3 is 11.1 Å². The number of hydrogen-bond donors (Lipinski definition) is 2. The lowest BCUT2D eigenvalue weighted by Crippen LogP contribution is -2.51. The van der Waals surface area contributed by atoms with E-state index in [0.29, 0.717) is 11.5 Å². The molecule has 4 bridgehead atoms. The molecule has 1 heterocycles. The molecule has 4 saturated carbocycles. The van der Waals surface area contributed by atoms with Crippen LogP contribution in [0.1, 0.15) is 86.5 Å². The van der Waals surface area contributed by atoms with E-state index < -0.39 is 5.91 Å². The Labute approximate surface area is 178 Å². The van der Waals surface area contributed by atoms with Gasteiger partial charge in [-0.1, -0.05) is 20.8 Å². The zero-order valence-corrected chi connectivity index (χ0v) is 18.8. The van der Waals surface area contributed by atoms with Crippen molar-refractivity contribution in [2.45, 2.75) is 78.6 Å². The molecule has 29 heavy (non-hydrogen) atoms. The van der Waals surface area contributed by atoms with Gasteiger partial charge in [0, 0.05) is 4.88 Å². The van der Waals surface area contributed by atoms with E-state index in [9.17, 15) is 9.59 Å². The molecule has 0 spiro atoms. The minimum absolute atomic E-state index is 0.157. The number of nitrogens with one attached hydrogen (secondary N) is 1. The molecule has 1 aromatic rings. The van der Waals surface area contributed by atoms with Crippen LogP contribution in [0.5, 0.6) is 0 Å². The molecule has 0 saturated heterocycles. The Morgan fingerprint density at radius 2 is 1.66 bits per heavy atom. The monoisotopic (exact) mass is 414 g/mol. The highest BCUT2D eigenvalue weighted by Gasteiger charge is 2.54. The number of carbonyl (C=O) groups is 2. The third kappa shape index (κ3) is 3.24. The quantitative estimate of drug-likeness (QED) is 0.718. The van der Waals surface area contributed by atoms with Crippen LogP contribution in [-0.2, 0) is 17.6 Å². The summed E-state index contributed by atoms with van der Waals surface area (Å²) in [5.74, 6) is 2.55. The molecule has 2 amide bonds. The summed E-state index contributed by atoms with van der Waals surface area (Å²) in [5.41, 5.74) is 7.54. The van der Waals surface area contributed by atoms with Crippen LogP contribution >= 0.6 is 11.3 Å². The molecule has 4 nitrogen and oxygen atoms in total. The SMILES string of the molecule is CC(C)(C)C1CCc2c(sc(NC(=O)C34CC5CC(CC(C5)C3)C4)c2C(N)=O)C1. The molecule has 3 N–H and O–H groups in total. The van der Waals surface area contributed by atoms with E-state index >= 15 is 0 Å². The summed E-state index contributed by atoms with van der Waals surface area (Å²) in [7, 11) is 0. The standard InChI is InChI=1S/C24H34N2O2S/c1-23(2,3)16-4-5-17-18(9-16)29-21(19(17)20(25)27)26-22(28)24-10-13-6-14(11-24)8-15(7-13)12-24/h13-16H,4-12H2,1-3H3,(H2,25,27)(H,26,28). The van der Waals surface area contributed by atoms with Crippen molar-refractivity contribution in [3.05, 3.63) is 16.0 Å². The number of amides is 2. The van der Waals surface area contributed by atoms with Crippen LogP contribution in [0, 0.1) is 34.5 Å². The van der Waals surface area contributed by atoms with Gasteiger partial charge in [0.05, 0.1) is 11.0 Å². The fourth-order valence-electron chi connectivity index (χ4n) is 7.30. The first-order valence-corrected chi connectivity index (χ1v) is 12.2. The molecule has 1 unspecified atom stereocenters. The molecule has 158 valence electrons. The summed E-state index contributed by atoms with van der Waals surface area (Å²) in [6, 6.07) is 0. The number of anilines is 1. The van der Waals surface area contributed by atoms with Crippen molar-refractivity contribution in [3.63, 3.8) is 0 Å². The minimum atomic E-state index is -0.391. The largest absolute Gasteiger partial charge is 0.365 e. The Balaban J connectivity index is 1.42. The maximum absolute atomic E-state index is 13.5. The molecule has 0 radical (unpaired) electrons. The van der Waals surface area contributed by atoms with Crippen LogP contribution in [0.3, 0.4) is 0 Å². The molecular formula is C24H34N2O2S. The Bertz CT molecular complexity index is 828. The Morgan fingerprint density at radius 1 is 1.07 bits per heavy atom. The molecule has 1 atom stereocenters. The number of nitrogens with two attached hydrogens (primary N) is 1. The molecule has 5 heteroatoms. The van der Waals surface area contributed by atoms with Crippen molar-refractivity contribution >= 4 is 28.2 Å². The summed E-state index contributed by atoms with van der Waals surface area (Å²) in [6.45, 7) is 6.88. The van der Waals surface area contributed by atoms with E-state index in [2.05, 4.69) is 26.1 Å². The second-order valence-electron chi connectivity index (χ2n) is 11.5. The van der Waals surface area contributed by atoms with E-state index in [4.69, 9.17) is 5.73 Å². The summed E-state index contributed by atoms with van der Waals surface area (Å²) >= 11 is 1.61. The van der Waals surface area contributed by atoms with Crippen LogP contribution in [0.2, 0.25) is 0 Å². The van der Waals surface area contributed by atoms with E-state index in [0.717, 1.165) is 66.8 Å². The summed E-state index contributed by atoms with van der Waals surface area (Å²) in [5, 5.41) is 3.96. The number of fused-ring (bicyclic) bond motifs is 1. The highest BCUT2D eigenvalue weighted by molar-refractivity contribution is 7.17. The van der Waals surface area contributed by atoms with Gasteiger partial charge >= 0.3 is 0 Å². The van der Waals surface area contributed by atoms with Gasteiger partial charge in [-0.2, -0.15) is 0 Å². The van der Waals surface area contributed by atoms with Gasteiger partial charge in [-0.15, -0.1) is 11.3 Å². The van der Waals surface area contributed by atoms with Gasteiger partial charge in [0.1, 0.15) is 5.00 Å². The van der Waals surface area contributed by atoms with E-state index in [1.807, 2.05) is 0 Å². The number of carbonyl (C=O) groups excluding carboxylic acids is 2. The third-order valence-corrected chi connectivity index (χ3v) is 9.65. The molecular weight excluding hydrogens is 380 g/mol. The zero-order valence-electron chi connectivity index (χ0n) is 18.0. The van der Waals surface area contributed by atoms with Crippen molar-refractivity contribution in [2.75, 3.05) is 5.32 Å². The molecule has 0 aliphatic heterocycles. The van der Waals surface area contributed by atoms with Gasteiger partial charge in [0.25, 0.3) is 5.91 Å². The highest BCUT2D eigenvalue weighted by atomic mass is 32.1. The summed E-state index contributed by atoms with van der Waals surface area (Å²) in [4.78, 5) is 27.1. The Kier molecular flexibility index (Phi) is 4.44. The number of thiophene rings is 1. The normalized spacial score (nSPS) is 35.4. The molecule has 0 aromatic carbocycles. The van der Waals surface area contributed by atoms with Crippen molar-refractivity contribution in [3.8, 4) is 0 Å². The molecule has 6 rings (SSSR count). The third-order valence-electron chi connectivity index (χ3n) is 8.48. The average Bonchev–Trinajstić information content (AvgIpc) is 2.96. The average molecular weight is 415 g/mol. The van der Waals surface area contributed by atoms with Crippen molar-refractivity contribution in [1.29, 1.82) is 0 Å². The van der Waals surface area contributed by atoms with Crippen LogP contribution in [0.25, 0.3) is 0 Å². The van der Waals surface area contributed by atoms with Gasteiger partial charge in [0.2, 0.25) is 5.91 Å². The van der Waals surface area contributed by atoms with Crippen molar-refractivity contribution in [1.82, 2.24) is 0 Å². The second-order valence-corrected chi connectivity index (χ2v) is 12.6. The van der Waals surface area contributed by atoms with Crippen LogP contribution in [0.15, 0.2) is 0 Å². The van der Waals surface area contributed by atoms with E-state index in [1.54, 1.807) is 11.3 Å². The topological polar surface area (TPSA) is 72.2 Å². The minimum Gasteiger partial charge on any atom is -0.365 e. The van der Waals surface area contributed by atoms with Gasteiger partial charge in [-0.3, -0.25) is 9.59 Å².